The summed E-state index contributed by atoms with van der Waals surface area (Å²) < 4.78 is 10.7. The Hall–Kier alpha value is -2.70. The maximum absolute atomic E-state index is 12.4. The molecule has 0 bridgehead atoms. The number of hydrogen-bond acceptors (Lipinski definition) is 5. The Bertz CT molecular complexity index is 916. The Morgan fingerprint density at radius 1 is 1.04 bits per heavy atom. The molecular formula is C21H23N3O3. The van der Waals surface area contributed by atoms with Crippen molar-refractivity contribution in [2.75, 3.05) is 26.3 Å². The van der Waals surface area contributed by atoms with Crippen LogP contribution in [0.15, 0.2) is 53.1 Å². The summed E-state index contributed by atoms with van der Waals surface area (Å²) >= 11 is 0. The van der Waals surface area contributed by atoms with Gasteiger partial charge in [-0.2, -0.15) is 0 Å². The van der Waals surface area contributed by atoms with Crippen LogP contribution in [0.5, 0.6) is 0 Å². The molecule has 1 fully saturated rings. The zero-order valence-electron chi connectivity index (χ0n) is 15.2. The van der Waals surface area contributed by atoms with E-state index < -0.39 is 0 Å². The Labute approximate surface area is 158 Å². The molecule has 0 unspecified atom stereocenters. The van der Waals surface area contributed by atoms with E-state index in [1.54, 1.807) is 0 Å². The molecule has 6 heteroatoms. The quantitative estimate of drug-likeness (QED) is 0.727. The first kappa shape index (κ1) is 17.7. The molecular weight excluding hydrogens is 342 g/mol. The molecule has 1 aromatic heterocycles. The second kappa shape index (κ2) is 8.33. The topological polar surface area (TPSA) is 67.6 Å². The van der Waals surface area contributed by atoms with Gasteiger partial charge in [-0.1, -0.05) is 41.6 Å². The molecule has 0 atom stereocenters. The molecule has 27 heavy (non-hydrogen) atoms. The second-order valence-electron chi connectivity index (χ2n) is 6.74. The lowest BCUT2D eigenvalue weighted by atomic mass is 10.1. The van der Waals surface area contributed by atoms with Crippen molar-refractivity contribution in [1.82, 2.24) is 15.4 Å². The van der Waals surface area contributed by atoms with Gasteiger partial charge in [-0.3, -0.25) is 9.69 Å². The fourth-order valence-corrected chi connectivity index (χ4v) is 3.36. The summed E-state index contributed by atoms with van der Waals surface area (Å²) in [5.41, 5.74) is 3.76. The van der Waals surface area contributed by atoms with Crippen molar-refractivity contribution in [3.05, 3.63) is 65.4 Å². The first-order valence-electron chi connectivity index (χ1n) is 9.26. The number of morpholine rings is 1. The number of rotatable bonds is 6. The Morgan fingerprint density at radius 3 is 2.63 bits per heavy atom. The predicted molar refractivity (Wildman–Crippen MR) is 102 cm³/mol. The lowest BCUT2D eigenvalue weighted by Crippen LogP contribution is -2.36. The number of hydrogen-bond donors (Lipinski definition) is 1. The molecule has 140 valence electrons. The number of carbonyl (C=O) groups excluding carboxylic acids is 1. The fourth-order valence-electron chi connectivity index (χ4n) is 3.36. The van der Waals surface area contributed by atoms with Gasteiger partial charge in [-0.25, -0.2) is 0 Å². The molecule has 1 N–H and O–H groups in total. The molecule has 3 aromatic rings. The number of ether oxygens (including phenoxy) is 1. The smallest absolute Gasteiger partial charge is 0.226 e. The van der Waals surface area contributed by atoms with Gasteiger partial charge in [0.05, 0.1) is 19.6 Å². The predicted octanol–water partition coefficient (Wildman–Crippen LogP) is 2.52. The van der Waals surface area contributed by atoms with E-state index in [1.807, 2.05) is 36.4 Å². The Morgan fingerprint density at radius 2 is 1.78 bits per heavy atom. The standard InChI is InChI=1S/C21H23N3O3/c25-21(13-19-18-7-3-4-8-20(18)27-23-19)22-14-16-5-1-2-6-17(16)15-24-9-11-26-12-10-24/h1-8H,9-15H2,(H,22,25). The zero-order chi connectivity index (χ0) is 18.5. The number of benzene rings is 2. The first-order chi connectivity index (χ1) is 13.3. The summed E-state index contributed by atoms with van der Waals surface area (Å²) in [5.74, 6) is -0.0600. The summed E-state index contributed by atoms with van der Waals surface area (Å²) in [4.78, 5) is 14.8. The average molecular weight is 365 g/mol. The van der Waals surface area contributed by atoms with E-state index in [9.17, 15) is 4.79 Å². The molecule has 1 aliphatic heterocycles. The van der Waals surface area contributed by atoms with E-state index in [-0.39, 0.29) is 12.3 Å². The van der Waals surface area contributed by atoms with Crippen molar-refractivity contribution in [1.29, 1.82) is 0 Å². The third kappa shape index (κ3) is 4.35. The van der Waals surface area contributed by atoms with E-state index in [0.29, 0.717) is 17.8 Å². The number of nitrogens with one attached hydrogen (secondary N) is 1. The summed E-state index contributed by atoms with van der Waals surface area (Å²) in [6.07, 6.45) is 0.211. The van der Waals surface area contributed by atoms with E-state index in [0.717, 1.165) is 43.8 Å². The van der Waals surface area contributed by atoms with Crippen molar-refractivity contribution in [2.45, 2.75) is 19.5 Å². The highest BCUT2D eigenvalue weighted by Crippen LogP contribution is 2.18. The molecule has 4 rings (SSSR count). The van der Waals surface area contributed by atoms with Crippen LogP contribution < -0.4 is 5.32 Å². The van der Waals surface area contributed by atoms with E-state index in [4.69, 9.17) is 9.26 Å². The van der Waals surface area contributed by atoms with Crippen molar-refractivity contribution < 1.29 is 14.1 Å². The molecule has 2 aromatic carbocycles. The maximum Gasteiger partial charge on any atom is 0.226 e. The molecule has 0 spiro atoms. The molecule has 1 amide bonds. The van der Waals surface area contributed by atoms with E-state index in [2.05, 4.69) is 27.5 Å². The van der Waals surface area contributed by atoms with Gasteiger partial charge in [0.15, 0.2) is 5.58 Å². The number of para-hydroxylation sites is 1. The second-order valence-corrected chi connectivity index (χ2v) is 6.74. The van der Waals surface area contributed by atoms with Crippen molar-refractivity contribution >= 4 is 16.9 Å². The highest BCUT2D eigenvalue weighted by atomic mass is 16.5. The molecule has 1 saturated heterocycles. The molecule has 1 aliphatic rings. The van der Waals surface area contributed by atoms with Crippen LogP contribution in [0.2, 0.25) is 0 Å². The van der Waals surface area contributed by atoms with Gasteiger partial charge in [-0.15, -0.1) is 0 Å². The zero-order valence-corrected chi connectivity index (χ0v) is 15.2. The van der Waals surface area contributed by atoms with Gasteiger partial charge in [0.25, 0.3) is 0 Å². The summed E-state index contributed by atoms with van der Waals surface area (Å²) in [6.45, 7) is 4.84. The van der Waals surface area contributed by atoms with Crippen LogP contribution in [-0.2, 0) is 29.0 Å². The maximum atomic E-state index is 12.4. The third-order valence-electron chi connectivity index (χ3n) is 4.87. The van der Waals surface area contributed by atoms with Crippen LogP contribution >= 0.6 is 0 Å². The highest BCUT2D eigenvalue weighted by Gasteiger charge is 2.14. The summed E-state index contributed by atoms with van der Waals surface area (Å²) in [6, 6.07) is 15.8. The molecule has 6 nitrogen and oxygen atoms in total. The molecule has 0 radical (unpaired) electrons. The lowest BCUT2D eigenvalue weighted by Gasteiger charge is -2.27. The van der Waals surface area contributed by atoms with Crippen LogP contribution in [0.4, 0.5) is 0 Å². The van der Waals surface area contributed by atoms with E-state index >= 15 is 0 Å². The minimum absolute atomic E-state index is 0.0600. The van der Waals surface area contributed by atoms with Crippen LogP contribution in [0.3, 0.4) is 0 Å². The number of carbonyl (C=O) groups is 1. The van der Waals surface area contributed by atoms with Gasteiger partial charge >= 0.3 is 0 Å². The average Bonchev–Trinajstić information content (AvgIpc) is 3.11. The Kier molecular flexibility index (Phi) is 5.46. The fraction of sp³-hybridized carbons (Fsp3) is 0.333. The first-order valence-corrected chi connectivity index (χ1v) is 9.26. The molecule has 0 saturated carbocycles. The van der Waals surface area contributed by atoms with E-state index in [1.165, 1.54) is 5.56 Å². The van der Waals surface area contributed by atoms with Crippen molar-refractivity contribution in [3.63, 3.8) is 0 Å². The third-order valence-corrected chi connectivity index (χ3v) is 4.87. The van der Waals surface area contributed by atoms with Crippen molar-refractivity contribution in [3.8, 4) is 0 Å². The van der Waals surface area contributed by atoms with Gasteiger partial charge < -0.3 is 14.6 Å². The molecule has 2 heterocycles. The van der Waals surface area contributed by atoms with Crippen LogP contribution in [0, 0.1) is 0 Å². The normalized spacial score (nSPS) is 15.1. The largest absolute Gasteiger partial charge is 0.379 e. The van der Waals surface area contributed by atoms with Crippen LogP contribution in [0.1, 0.15) is 16.8 Å². The van der Waals surface area contributed by atoms with Gasteiger partial charge in [0.2, 0.25) is 5.91 Å². The number of nitrogens with zero attached hydrogens (tertiary/aromatic N) is 2. The van der Waals surface area contributed by atoms with Gasteiger partial charge in [-0.05, 0) is 23.3 Å². The minimum atomic E-state index is -0.0600. The minimum Gasteiger partial charge on any atom is -0.379 e. The highest BCUT2D eigenvalue weighted by molar-refractivity contribution is 5.86. The number of amides is 1. The van der Waals surface area contributed by atoms with Crippen molar-refractivity contribution in [2.24, 2.45) is 0 Å². The summed E-state index contributed by atoms with van der Waals surface area (Å²) in [7, 11) is 0. The molecule has 0 aliphatic carbocycles. The Balaban J connectivity index is 1.37. The van der Waals surface area contributed by atoms with Crippen LogP contribution in [0.25, 0.3) is 11.0 Å². The lowest BCUT2D eigenvalue weighted by molar-refractivity contribution is -0.120. The van der Waals surface area contributed by atoms with Crippen LogP contribution in [-0.4, -0.2) is 42.3 Å². The van der Waals surface area contributed by atoms with Gasteiger partial charge in [0, 0.05) is 31.6 Å². The number of aromatic nitrogens is 1. The van der Waals surface area contributed by atoms with Gasteiger partial charge in [0.1, 0.15) is 5.69 Å². The SMILES string of the molecule is O=C(Cc1noc2ccccc12)NCc1ccccc1CN1CCOCC1. The monoisotopic (exact) mass is 365 g/mol. The number of fused-ring (bicyclic) bond motifs is 1. The summed E-state index contributed by atoms with van der Waals surface area (Å²) in [5, 5.41) is 7.94.